The Morgan fingerprint density at radius 1 is 1.14 bits per heavy atom. The Balaban J connectivity index is 1.50. The van der Waals surface area contributed by atoms with Gasteiger partial charge in [-0.3, -0.25) is 14.4 Å². The monoisotopic (exact) mass is 495 g/mol. The van der Waals surface area contributed by atoms with Crippen LogP contribution in [-0.4, -0.2) is 46.6 Å². The van der Waals surface area contributed by atoms with Crippen molar-refractivity contribution in [2.45, 2.75) is 62.9 Å². The minimum Gasteiger partial charge on any atom is -0.497 e. The van der Waals surface area contributed by atoms with E-state index >= 15 is 0 Å². The SMILES string of the molecule is CC[C@H](C)[C@H](NC(=O)[C@H]1N2C(=O)c3ccccc3[C@@H]2SC1(C)C)C(=O)NCc1ccc(OC)cc1. The predicted molar refractivity (Wildman–Crippen MR) is 137 cm³/mol. The van der Waals surface area contributed by atoms with Crippen LogP contribution in [0, 0.1) is 5.92 Å². The molecular formula is C27H33N3O4S. The number of amides is 3. The number of nitrogens with one attached hydrogen (secondary N) is 2. The van der Waals surface area contributed by atoms with Crippen LogP contribution in [0.3, 0.4) is 0 Å². The summed E-state index contributed by atoms with van der Waals surface area (Å²) in [5.74, 6) is 0.0107. The van der Waals surface area contributed by atoms with Crippen LogP contribution in [0.2, 0.25) is 0 Å². The molecule has 4 atom stereocenters. The van der Waals surface area contributed by atoms with E-state index in [-0.39, 0.29) is 29.0 Å². The number of rotatable bonds is 8. The third-order valence-corrected chi connectivity index (χ3v) is 8.50. The smallest absolute Gasteiger partial charge is 0.256 e. The summed E-state index contributed by atoms with van der Waals surface area (Å²) in [4.78, 5) is 41.8. The number of carbonyl (C=O) groups excluding carboxylic acids is 3. The maximum Gasteiger partial charge on any atom is 0.256 e. The van der Waals surface area contributed by atoms with Gasteiger partial charge in [-0.15, -0.1) is 11.8 Å². The van der Waals surface area contributed by atoms with Gasteiger partial charge >= 0.3 is 0 Å². The zero-order valence-corrected chi connectivity index (χ0v) is 21.6. The third kappa shape index (κ3) is 4.76. The fourth-order valence-electron chi connectivity index (χ4n) is 4.78. The van der Waals surface area contributed by atoms with Gasteiger partial charge in [0.1, 0.15) is 23.2 Å². The van der Waals surface area contributed by atoms with Gasteiger partial charge in [-0.1, -0.05) is 50.6 Å². The molecule has 186 valence electrons. The molecule has 2 aliphatic rings. The van der Waals surface area contributed by atoms with Crippen molar-refractivity contribution in [3.8, 4) is 5.75 Å². The Morgan fingerprint density at radius 2 is 1.83 bits per heavy atom. The van der Waals surface area contributed by atoms with Crippen molar-refractivity contribution < 1.29 is 19.1 Å². The van der Waals surface area contributed by atoms with Crippen LogP contribution in [-0.2, 0) is 16.1 Å². The lowest BCUT2D eigenvalue weighted by atomic mass is 9.95. The first kappa shape index (κ1) is 25.1. The molecule has 2 heterocycles. The van der Waals surface area contributed by atoms with Gasteiger partial charge in [0.05, 0.1) is 7.11 Å². The number of ether oxygens (including phenoxy) is 1. The molecule has 2 N–H and O–H groups in total. The molecule has 1 fully saturated rings. The van der Waals surface area contributed by atoms with E-state index < -0.39 is 16.8 Å². The third-order valence-electron chi connectivity index (χ3n) is 6.96. The summed E-state index contributed by atoms with van der Waals surface area (Å²) in [5.41, 5.74) is 2.53. The number of fused-ring (bicyclic) bond motifs is 3. The lowest BCUT2D eigenvalue weighted by molar-refractivity contribution is -0.133. The normalized spacial score (nSPS) is 21.6. The average molecular weight is 496 g/mol. The fraction of sp³-hybridized carbons (Fsp3) is 0.444. The van der Waals surface area contributed by atoms with Crippen molar-refractivity contribution in [3.63, 3.8) is 0 Å². The summed E-state index contributed by atoms with van der Waals surface area (Å²) >= 11 is 1.61. The number of nitrogens with zero attached hydrogens (tertiary/aromatic N) is 1. The van der Waals surface area contributed by atoms with Crippen LogP contribution in [0.1, 0.15) is 61.0 Å². The molecular weight excluding hydrogens is 462 g/mol. The first-order chi connectivity index (χ1) is 16.7. The first-order valence-electron chi connectivity index (χ1n) is 12.0. The van der Waals surface area contributed by atoms with Gasteiger partial charge < -0.3 is 20.3 Å². The van der Waals surface area contributed by atoms with Crippen molar-refractivity contribution in [3.05, 3.63) is 65.2 Å². The van der Waals surface area contributed by atoms with Crippen LogP contribution in [0.25, 0.3) is 0 Å². The maximum atomic E-state index is 13.7. The summed E-state index contributed by atoms with van der Waals surface area (Å²) in [6.45, 7) is 8.26. The molecule has 0 radical (unpaired) electrons. The molecule has 7 nitrogen and oxygen atoms in total. The predicted octanol–water partition coefficient (Wildman–Crippen LogP) is 3.89. The van der Waals surface area contributed by atoms with E-state index in [1.807, 2.05) is 76.2 Å². The summed E-state index contributed by atoms with van der Waals surface area (Å²) in [6, 6.07) is 13.6. The van der Waals surface area contributed by atoms with Crippen LogP contribution in [0.15, 0.2) is 48.5 Å². The molecule has 3 amide bonds. The lowest BCUT2D eigenvalue weighted by Gasteiger charge is -2.32. The van der Waals surface area contributed by atoms with Gasteiger partial charge in [0, 0.05) is 16.9 Å². The Morgan fingerprint density at radius 3 is 2.49 bits per heavy atom. The molecule has 2 aromatic carbocycles. The first-order valence-corrected chi connectivity index (χ1v) is 12.9. The second kappa shape index (κ2) is 9.93. The summed E-state index contributed by atoms with van der Waals surface area (Å²) in [6.07, 6.45) is 0.723. The van der Waals surface area contributed by atoms with Crippen molar-refractivity contribution in [2.24, 2.45) is 5.92 Å². The van der Waals surface area contributed by atoms with Crippen molar-refractivity contribution in [1.82, 2.24) is 15.5 Å². The largest absolute Gasteiger partial charge is 0.497 e. The van der Waals surface area contributed by atoms with E-state index in [4.69, 9.17) is 4.74 Å². The maximum absolute atomic E-state index is 13.7. The summed E-state index contributed by atoms with van der Waals surface area (Å²) in [7, 11) is 1.61. The number of carbonyl (C=O) groups is 3. The Labute approximate surface area is 211 Å². The van der Waals surface area contributed by atoms with Gasteiger partial charge in [-0.2, -0.15) is 0 Å². The Bertz CT molecular complexity index is 1120. The van der Waals surface area contributed by atoms with E-state index in [0.29, 0.717) is 12.1 Å². The zero-order valence-electron chi connectivity index (χ0n) is 20.8. The molecule has 35 heavy (non-hydrogen) atoms. The zero-order chi connectivity index (χ0) is 25.3. The molecule has 1 saturated heterocycles. The molecule has 4 rings (SSSR count). The van der Waals surface area contributed by atoms with Crippen LogP contribution >= 0.6 is 11.8 Å². The molecule has 0 aromatic heterocycles. The molecule has 0 aliphatic carbocycles. The van der Waals surface area contributed by atoms with E-state index in [0.717, 1.165) is 23.3 Å². The van der Waals surface area contributed by atoms with Gasteiger partial charge in [0.2, 0.25) is 11.8 Å². The highest BCUT2D eigenvalue weighted by molar-refractivity contribution is 8.01. The van der Waals surface area contributed by atoms with Crippen LogP contribution in [0.5, 0.6) is 5.75 Å². The minimum absolute atomic E-state index is 0.0748. The topological polar surface area (TPSA) is 87.7 Å². The number of benzene rings is 2. The molecule has 0 saturated carbocycles. The highest BCUT2D eigenvalue weighted by Gasteiger charge is 2.57. The molecule has 0 spiro atoms. The van der Waals surface area contributed by atoms with Crippen LogP contribution < -0.4 is 15.4 Å². The number of thioether (sulfide) groups is 1. The summed E-state index contributed by atoms with van der Waals surface area (Å²) < 4.78 is 4.68. The van der Waals surface area contributed by atoms with E-state index in [9.17, 15) is 14.4 Å². The van der Waals surface area contributed by atoms with Gasteiger partial charge in [0.25, 0.3) is 5.91 Å². The van der Waals surface area contributed by atoms with Crippen molar-refractivity contribution >= 4 is 29.5 Å². The van der Waals surface area contributed by atoms with E-state index in [1.54, 1.807) is 23.8 Å². The molecule has 2 aliphatic heterocycles. The molecule has 0 bridgehead atoms. The number of hydrogen-bond donors (Lipinski definition) is 2. The number of hydrogen-bond acceptors (Lipinski definition) is 5. The van der Waals surface area contributed by atoms with Crippen molar-refractivity contribution in [2.75, 3.05) is 7.11 Å². The molecule has 8 heteroatoms. The van der Waals surface area contributed by atoms with Crippen molar-refractivity contribution in [1.29, 1.82) is 0 Å². The van der Waals surface area contributed by atoms with Gasteiger partial charge in [0.15, 0.2) is 0 Å². The van der Waals surface area contributed by atoms with Gasteiger partial charge in [-0.25, -0.2) is 0 Å². The van der Waals surface area contributed by atoms with E-state index in [1.165, 1.54) is 0 Å². The number of methoxy groups -OCH3 is 1. The second-order valence-electron chi connectivity index (χ2n) is 9.71. The van der Waals surface area contributed by atoms with Gasteiger partial charge in [-0.05, 0) is 49.1 Å². The summed E-state index contributed by atoms with van der Waals surface area (Å²) in [5, 5.41) is 5.76. The highest BCUT2D eigenvalue weighted by atomic mass is 32.2. The van der Waals surface area contributed by atoms with E-state index in [2.05, 4.69) is 10.6 Å². The second-order valence-corrected chi connectivity index (χ2v) is 11.4. The standard InChI is InChI=1S/C27H33N3O4S/c1-6-16(2)21(23(31)28-15-17-11-13-18(34-5)14-12-17)29-24(32)22-27(3,4)35-26-20-10-8-7-9-19(20)25(33)30(22)26/h7-14,16,21-22,26H,6,15H2,1-5H3,(H,28,31)(H,29,32)/t16-,21-,22+,26-/m0/s1. The highest BCUT2D eigenvalue weighted by Crippen LogP contribution is 2.56. The lowest BCUT2D eigenvalue weighted by Crippen LogP contribution is -2.58. The fourth-order valence-corrected chi connectivity index (χ4v) is 6.37. The van der Waals surface area contributed by atoms with Crippen LogP contribution in [0.4, 0.5) is 0 Å². The minimum atomic E-state index is -0.703. The Hall–Kier alpha value is -3.00. The molecule has 0 unspecified atom stereocenters. The molecule has 2 aromatic rings. The average Bonchev–Trinajstić information content (AvgIpc) is 3.29. The quantitative estimate of drug-likeness (QED) is 0.580. The Kier molecular flexibility index (Phi) is 7.12.